The number of ether oxygens (including phenoxy) is 1. The van der Waals surface area contributed by atoms with Gasteiger partial charge in [-0.15, -0.1) is 0 Å². The molecule has 0 aliphatic carbocycles. The van der Waals surface area contributed by atoms with E-state index >= 15 is 0 Å². The van der Waals surface area contributed by atoms with Crippen LogP contribution in [0, 0.1) is 0 Å². The van der Waals surface area contributed by atoms with Gasteiger partial charge in [-0.1, -0.05) is 0 Å². The summed E-state index contributed by atoms with van der Waals surface area (Å²) in [6.07, 6.45) is 2.53. The van der Waals surface area contributed by atoms with Gasteiger partial charge in [0.05, 0.1) is 4.47 Å². The molecule has 1 aromatic rings. The molecular formula is C9H13BrClN3O. The average Bonchev–Trinajstić information content (AvgIpc) is 2.20. The van der Waals surface area contributed by atoms with Crippen LogP contribution in [0.15, 0.2) is 10.7 Å². The SMILES string of the molecule is COCCC(C)Nc1nc(Cl)ncc1Br. The van der Waals surface area contributed by atoms with Crippen LogP contribution in [-0.2, 0) is 4.74 Å². The Morgan fingerprint density at radius 2 is 2.40 bits per heavy atom. The van der Waals surface area contributed by atoms with E-state index in [1.165, 1.54) is 0 Å². The number of methoxy groups -OCH3 is 1. The quantitative estimate of drug-likeness (QED) is 0.848. The first-order valence-electron chi connectivity index (χ1n) is 4.57. The number of hydrogen-bond acceptors (Lipinski definition) is 4. The Balaban J connectivity index is 2.59. The highest BCUT2D eigenvalue weighted by Crippen LogP contribution is 2.21. The van der Waals surface area contributed by atoms with Gasteiger partial charge in [-0.3, -0.25) is 0 Å². The van der Waals surface area contributed by atoms with E-state index < -0.39 is 0 Å². The van der Waals surface area contributed by atoms with Crippen LogP contribution in [-0.4, -0.2) is 29.7 Å². The first-order valence-corrected chi connectivity index (χ1v) is 5.74. The lowest BCUT2D eigenvalue weighted by atomic mass is 10.2. The van der Waals surface area contributed by atoms with Gasteiger partial charge in [-0.2, -0.15) is 4.98 Å². The van der Waals surface area contributed by atoms with Crippen LogP contribution in [0.4, 0.5) is 5.82 Å². The minimum atomic E-state index is 0.236. The molecule has 15 heavy (non-hydrogen) atoms. The van der Waals surface area contributed by atoms with E-state index in [1.54, 1.807) is 13.3 Å². The van der Waals surface area contributed by atoms with Crippen molar-refractivity contribution in [3.8, 4) is 0 Å². The number of anilines is 1. The molecule has 1 atom stereocenters. The summed E-state index contributed by atoms with van der Waals surface area (Å²) < 4.78 is 5.80. The number of aromatic nitrogens is 2. The van der Waals surface area contributed by atoms with Crippen molar-refractivity contribution in [3.05, 3.63) is 16.0 Å². The topological polar surface area (TPSA) is 47.0 Å². The highest BCUT2D eigenvalue weighted by Gasteiger charge is 2.07. The van der Waals surface area contributed by atoms with Crippen molar-refractivity contribution in [2.24, 2.45) is 0 Å². The lowest BCUT2D eigenvalue weighted by molar-refractivity contribution is 0.191. The van der Waals surface area contributed by atoms with Gasteiger partial charge in [0.25, 0.3) is 0 Å². The molecule has 0 aromatic carbocycles. The predicted molar refractivity (Wildman–Crippen MR) is 64.3 cm³/mol. The summed E-state index contributed by atoms with van der Waals surface area (Å²) in [5.41, 5.74) is 0. The smallest absolute Gasteiger partial charge is 0.224 e. The Labute approximate surface area is 103 Å². The van der Waals surface area contributed by atoms with Crippen LogP contribution in [0.5, 0.6) is 0 Å². The van der Waals surface area contributed by atoms with Gasteiger partial charge < -0.3 is 10.1 Å². The van der Waals surface area contributed by atoms with Gasteiger partial charge in [0, 0.05) is 26.0 Å². The minimum Gasteiger partial charge on any atom is -0.385 e. The van der Waals surface area contributed by atoms with Gasteiger partial charge in [0.2, 0.25) is 5.28 Å². The van der Waals surface area contributed by atoms with Crippen molar-refractivity contribution < 1.29 is 4.74 Å². The Bertz CT molecular complexity index is 324. The number of nitrogens with one attached hydrogen (secondary N) is 1. The Hall–Kier alpha value is -0.390. The van der Waals surface area contributed by atoms with Crippen molar-refractivity contribution in [2.45, 2.75) is 19.4 Å². The lowest BCUT2D eigenvalue weighted by Gasteiger charge is -2.14. The normalized spacial score (nSPS) is 12.5. The zero-order valence-electron chi connectivity index (χ0n) is 8.63. The van der Waals surface area contributed by atoms with Crippen LogP contribution >= 0.6 is 27.5 Å². The summed E-state index contributed by atoms with van der Waals surface area (Å²) >= 11 is 9.05. The predicted octanol–water partition coefficient (Wildman–Crippen LogP) is 2.73. The number of halogens is 2. The first-order chi connectivity index (χ1) is 7.13. The van der Waals surface area contributed by atoms with Crippen LogP contribution in [0.1, 0.15) is 13.3 Å². The Kier molecular flexibility index (Phi) is 5.28. The molecule has 6 heteroatoms. The summed E-state index contributed by atoms with van der Waals surface area (Å²) in [7, 11) is 1.68. The Morgan fingerprint density at radius 3 is 3.07 bits per heavy atom. The molecular weight excluding hydrogens is 281 g/mol. The third-order valence-corrected chi connectivity index (χ3v) is 2.62. The number of nitrogens with zero attached hydrogens (tertiary/aromatic N) is 2. The number of rotatable bonds is 5. The zero-order valence-corrected chi connectivity index (χ0v) is 11.0. The van der Waals surface area contributed by atoms with Gasteiger partial charge in [-0.25, -0.2) is 4.98 Å². The Morgan fingerprint density at radius 1 is 1.67 bits per heavy atom. The van der Waals surface area contributed by atoms with E-state index in [0.29, 0.717) is 12.4 Å². The summed E-state index contributed by atoms with van der Waals surface area (Å²) in [6, 6.07) is 0.271. The molecule has 0 radical (unpaired) electrons. The maximum Gasteiger partial charge on any atom is 0.224 e. The molecule has 0 aliphatic heterocycles. The van der Waals surface area contributed by atoms with Crippen molar-refractivity contribution in [3.63, 3.8) is 0 Å². The summed E-state index contributed by atoms with van der Waals surface area (Å²) in [5, 5.41) is 3.46. The molecule has 1 aromatic heterocycles. The molecule has 0 spiro atoms. The minimum absolute atomic E-state index is 0.236. The van der Waals surface area contributed by atoms with E-state index in [0.717, 1.165) is 10.9 Å². The van der Waals surface area contributed by atoms with Crippen LogP contribution < -0.4 is 5.32 Å². The molecule has 0 fully saturated rings. The van der Waals surface area contributed by atoms with Crippen molar-refractivity contribution in [1.29, 1.82) is 0 Å². The second kappa shape index (κ2) is 6.25. The third kappa shape index (κ3) is 4.32. The van der Waals surface area contributed by atoms with Crippen LogP contribution in [0.3, 0.4) is 0 Å². The van der Waals surface area contributed by atoms with Crippen molar-refractivity contribution in [1.82, 2.24) is 9.97 Å². The van der Waals surface area contributed by atoms with E-state index in [9.17, 15) is 0 Å². The molecule has 0 saturated heterocycles. The fraction of sp³-hybridized carbons (Fsp3) is 0.556. The molecule has 1 rings (SSSR count). The largest absolute Gasteiger partial charge is 0.385 e. The molecule has 1 N–H and O–H groups in total. The standard InChI is InChI=1S/C9H13BrClN3O/c1-6(3-4-15-2)13-8-7(10)5-12-9(11)14-8/h5-6H,3-4H2,1-2H3,(H,12,13,14). The molecule has 0 saturated carbocycles. The molecule has 0 amide bonds. The van der Waals surface area contributed by atoms with Gasteiger partial charge >= 0.3 is 0 Å². The van der Waals surface area contributed by atoms with Gasteiger partial charge in [0.15, 0.2) is 0 Å². The van der Waals surface area contributed by atoms with E-state index in [4.69, 9.17) is 16.3 Å². The van der Waals surface area contributed by atoms with E-state index in [1.807, 2.05) is 0 Å². The second-order valence-corrected chi connectivity index (χ2v) is 4.35. The fourth-order valence-corrected chi connectivity index (χ4v) is 1.49. The molecule has 1 heterocycles. The second-order valence-electron chi connectivity index (χ2n) is 3.16. The average molecular weight is 295 g/mol. The maximum absolute atomic E-state index is 5.70. The molecule has 84 valence electrons. The highest BCUT2D eigenvalue weighted by molar-refractivity contribution is 9.10. The first kappa shape index (κ1) is 12.7. The molecule has 1 unspecified atom stereocenters. The van der Waals surface area contributed by atoms with E-state index in [-0.39, 0.29) is 11.3 Å². The van der Waals surface area contributed by atoms with E-state index in [2.05, 4.69) is 38.1 Å². The monoisotopic (exact) mass is 293 g/mol. The fourth-order valence-electron chi connectivity index (χ4n) is 1.05. The van der Waals surface area contributed by atoms with Crippen LogP contribution in [0.25, 0.3) is 0 Å². The number of hydrogen-bond donors (Lipinski definition) is 1. The van der Waals surface area contributed by atoms with Crippen LogP contribution in [0.2, 0.25) is 5.28 Å². The maximum atomic E-state index is 5.70. The van der Waals surface area contributed by atoms with Crippen molar-refractivity contribution in [2.75, 3.05) is 19.0 Å². The molecule has 0 aliphatic rings. The highest BCUT2D eigenvalue weighted by atomic mass is 79.9. The summed E-state index contributed by atoms with van der Waals surface area (Å²) in [5.74, 6) is 0.707. The summed E-state index contributed by atoms with van der Waals surface area (Å²) in [6.45, 7) is 2.77. The lowest BCUT2D eigenvalue weighted by Crippen LogP contribution is -2.18. The van der Waals surface area contributed by atoms with Gasteiger partial charge in [-0.05, 0) is 40.9 Å². The van der Waals surface area contributed by atoms with Gasteiger partial charge in [0.1, 0.15) is 5.82 Å². The zero-order chi connectivity index (χ0) is 11.3. The van der Waals surface area contributed by atoms with Crippen molar-refractivity contribution >= 4 is 33.3 Å². The molecule has 4 nitrogen and oxygen atoms in total. The molecule has 0 bridgehead atoms. The summed E-state index contributed by atoms with van der Waals surface area (Å²) in [4.78, 5) is 7.93. The third-order valence-electron chi connectivity index (χ3n) is 1.85.